The monoisotopic (exact) mass is 187 g/mol. The van der Waals surface area contributed by atoms with Crippen molar-refractivity contribution in [2.24, 2.45) is 0 Å². The number of benzene rings is 1. The molecule has 1 N–H and O–H groups in total. The highest BCUT2D eigenvalue weighted by atomic mass is 15.0. The molecule has 1 aliphatic heterocycles. The van der Waals surface area contributed by atoms with E-state index >= 15 is 0 Å². The number of hydrogen-bond acceptors (Lipinski definition) is 1. The molecule has 2 aliphatic rings. The molecule has 0 bridgehead atoms. The van der Waals surface area contributed by atoms with Crippen LogP contribution in [0.5, 0.6) is 0 Å². The molecule has 1 aliphatic carbocycles. The minimum atomic E-state index is 0.388. The van der Waals surface area contributed by atoms with Crippen LogP contribution in [0.3, 0.4) is 0 Å². The highest BCUT2D eigenvalue weighted by molar-refractivity contribution is 5.41. The SMILES string of the molecule is Cc1ccc2c(c1)CCCNC21CC1. The lowest BCUT2D eigenvalue weighted by atomic mass is 9.95. The van der Waals surface area contributed by atoms with E-state index in [1.807, 2.05) is 0 Å². The molecule has 1 heteroatoms. The van der Waals surface area contributed by atoms with Crippen molar-refractivity contribution in [2.75, 3.05) is 6.54 Å². The summed E-state index contributed by atoms with van der Waals surface area (Å²) in [5, 5.41) is 3.71. The van der Waals surface area contributed by atoms with Crippen LogP contribution in [0.4, 0.5) is 0 Å². The zero-order valence-electron chi connectivity index (χ0n) is 8.77. The largest absolute Gasteiger partial charge is 0.307 e. The number of hydrogen-bond donors (Lipinski definition) is 1. The van der Waals surface area contributed by atoms with Crippen molar-refractivity contribution in [1.29, 1.82) is 0 Å². The zero-order valence-corrected chi connectivity index (χ0v) is 8.77. The van der Waals surface area contributed by atoms with Crippen LogP contribution >= 0.6 is 0 Å². The molecule has 1 fully saturated rings. The quantitative estimate of drug-likeness (QED) is 0.658. The molecule has 0 radical (unpaired) electrons. The van der Waals surface area contributed by atoms with E-state index in [4.69, 9.17) is 0 Å². The highest BCUT2D eigenvalue weighted by Crippen LogP contribution is 2.48. The van der Waals surface area contributed by atoms with Crippen molar-refractivity contribution in [1.82, 2.24) is 5.32 Å². The number of aryl methyl sites for hydroxylation is 2. The Balaban J connectivity index is 2.11. The van der Waals surface area contributed by atoms with E-state index in [0.29, 0.717) is 5.54 Å². The summed E-state index contributed by atoms with van der Waals surface area (Å²) in [4.78, 5) is 0. The summed E-state index contributed by atoms with van der Waals surface area (Å²) in [7, 11) is 0. The lowest BCUT2D eigenvalue weighted by Crippen LogP contribution is -2.28. The van der Waals surface area contributed by atoms with Crippen molar-refractivity contribution in [2.45, 2.75) is 38.1 Å². The smallest absolute Gasteiger partial charge is 0.0439 e. The fraction of sp³-hybridized carbons (Fsp3) is 0.538. The van der Waals surface area contributed by atoms with Gasteiger partial charge in [0.2, 0.25) is 0 Å². The van der Waals surface area contributed by atoms with Gasteiger partial charge in [-0.15, -0.1) is 0 Å². The van der Waals surface area contributed by atoms with Gasteiger partial charge in [0.1, 0.15) is 0 Å². The van der Waals surface area contributed by atoms with E-state index in [-0.39, 0.29) is 0 Å². The Bertz CT molecular complexity index is 363. The van der Waals surface area contributed by atoms with Crippen LogP contribution < -0.4 is 5.32 Å². The maximum atomic E-state index is 3.71. The molecule has 1 heterocycles. The number of rotatable bonds is 0. The molecule has 0 amide bonds. The Hall–Kier alpha value is -0.820. The van der Waals surface area contributed by atoms with Gasteiger partial charge in [0, 0.05) is 5.54 Å². The summed E-state index contributed by atoms with van der Waals surface area (Å²) in [6.07, 6.45) is 5.22. The summed E-state index contributed by atoms with van der Waals surface area (Å²) < 4.78 is 0. The summed E-state index contributed by atoms with van der Waals surface area (Å²) >= 11 is 0. The van der Waals surface area contributed by atoms with Crippen LogP contribution in [0.1, 0.15) is 36.0 Å². The first-order valence-electron chi connectivity index (χ1n) is 5.65. The third kappa shape index (κ3) is 1.19. The third-order valence-electron chi connectivity index (χ3n) is 3.61. The van der Waals surface area contributed by atoms with Crippen molar-refractivity contribution in [3.63, 3.8) is 0 Å². The summed E-state index contributed by atoms with van der Waals surface area (Å²) in [5.41, 5.74) is 4.97. The van der Waals surface area contributed by atoms with E-state index in [0.717, 1.165) is 0 Å². The standard InChI is InChI=1S/C13H17N/c1-10-4-5-12-11(9-10)3-2-8-14-13(12)6-7-13/h4-5,9,14H,2-3,6-8H2,1H3. The normalized spacial score (nSPS) is 22.9. The van der Waals surface area contributed by atoms with Gasteiger partial charge in [0.25, 0.3) is 0 Å². The topological polar surface area (TPSA) is 12.0 Å². The maximum Gasteiger partial charge on any atom is 0.0439 e. The maximum absolute atomic E-state index is 3.71. The molecule has 0 saturated heterocycles. The molecular formula is C13H17N. The van der Waals surface area contributed by atoms with Gasteiger partial charge in [-0.1, -0.05) is 23.8 Å². The lowest BCUT2D eigenvalue weighted by Gasteiger charge is -2.17. The summed E-state index contributed by atoms with van der Waals surface area (Å²) in [5.74, 6) is 0. The van der Waals surface area contributed by atoms with Crippen molar-refractivity contribution < 1.29 is 0 Å². The predicted molar refractivity (Wildman–Crippen MR) is 58.4 cm³/mol. The van der Waals surface area contributed by atoms with Gasteiger partial charge >= 0.3 is 0 Å². The lowest BCUT2D eigenvalue weighted by molar-refractivity contribution is 0.529. The second-order valence-electron chi connectivity index (χ2n) is 4.77. The first-order chi connectivity index (χ1) is 6.80. The van der Waals surface area contributed by atoms with Crippen LogP contribution in [0.15, 0.2) is 18.2 Å². The first kappa shape index (κ1) is 8.49. The third-order valence-corrected chi connectivity index (χ3v) is 3.61. The molecule has 0 unspecified atom stereocenters. The fourth-order valence-corrected chi connectivity index (χ4v) is 2.67. The van der Waals surface area contributed by atoms with E-state index < -0.39 is 0 Å². The molecular weight excluding hydrogens is 170 g/mol. The van der Waals surface area contributed by atoms with Crippen molar-refractivity contribution in [3.05, 3.63) is 34.9 Å². The van der Waals surface area contributed by atoms with Gasteiger partial charge in [-0.25, -0.2) is 0 Å². The molecule has 74 valence electrons. The van der Waals surface area contributed by atoms with Gasteiger partial charge in [0.15, 0.2) is 0 Å². The zero-order chi connectivity index (χ0) is 9.60. The highest BCUT2D eigenvalue weighted by Gasteiger charge is 2.45. The van der Waals surface area contributed by atoms with Crippen LogP contribution in [0, 0.1) is 6.92 Å². The van der Waals surface area contributed by atoms with Gasteiger partial charge in [0.05, 0.1) is 0 Å². The second kappa shape index (κ2) is 2.83. The molecule has 1 nitrogen and oxygen atoms in total. The van der Waals surface area contributed by atoms with Gasteiger partial charge in [-0.2, -0.15) is 0 Å². The van der Waals surface area contributed by atoms with E-state index in [2.05, 4.69) is 30.4 Å². The van der Waals surface area contributed by atoms with Gasteiger partial charge in [-0.3, -0.25) is 0 Å². The Morgan fingerprint density at radius 1 is 1.29 bits per heavy atom. The summed E-state index contributed by atoms with van der Waals surface area (Å²) in [6.45, 7) is 3.38. The minimum absolute atomic E-state index is 0.388. The fourth-order valence-electron chi connectivity index (χ4n) is 2.67. The average molecular weight is 187 g/mol. The Kier molecular flexibility index (Phi) is 1.72. The van der Waals surface area contributed by atoms with E-state index in [1.165, 1.54) is 37.8 Å². The summed E-state index contributed by atoms with van der Waals surface area (Å²) in [6, 6.07) is 6.98. The van der Waals surface area contributed by atoms with Crippen LogP contribution in [0.25, 0.3) is 0 Å². The van der Waals surface area contributed by atoms with Crippen LogP contribution in [-0.2, 0) is 12.0 Å². The van der Waals surface area contributed by atoms with E-state index in [9.17, 15) is 0 Å². The molecule has 0 aromatic heterocycles. The second-order valence-corrected chi connectivity index (χ2v) is 4.77. The average Bonchev–Trinajstić information content (AvgIpc) is 2.95. The van der Waals surface area contributed by atoms with E-state index in [1.54, 1.807) is 11.1 Å². The molecule has 0 atom stereocenters. The molecule has 14 heavy (non-hydrogen) atoms. The van der Waals surface area contributed by atoms with Crippen LogP contribution in [-0.4, -0.2) is 6.54 Å². The van der Waals surface area contributed by atoms with Crippen LogP contribution in [0.2, 0.25) is 0 Å². The molecule has 3 rings (SSSR count). The van der Waals surface area contributed by atoms with Crippen molar-refractivity contribution in [3.8, 4) is 0 Å². The molecule has 1 spiro atoms. The minimum Gasteiger partial charge on any atom is -0.307 e. The first-order valence-corrected chi connectivity index (χ1v) is 5.65. The van der Waals surface area contributed by atoms with Gasteiger partial charge in [-0.05, 0) is 50.3 Å². The van der Waals surface area contributed by atoms with Crippen molar-refractivity contribution >= 4 is 0 Å². The Morgan fingerprint density at radius 3 is 2.93 bits per heavy atom. The molecule has 1 aromatic rings. The number of nitrogens with one attached hydrogen (secondary N) is 1. The Morgan fingerprint density at radius 2 is 2.14 bits per heavy atom. The molecule has 1 saturated carbocycles. The Labute approximate surface area is 85.5 Å². The predicted octanol–water partition coefficient (Wildman–Crippen LogP) is 2.52. The van der Waals surface area contributed by atoms with Gasteiger partial charge < -0.3 is 5.32 Å². The molecule has 1 aromatic carbocycles. The number of fused-ring (bicyclic) bond motifs is 2.